The van der Waals surface area contributed by atoms with Crippen LogP contribution in [0.4, 0.5) is 0 Å². The molecule has 0 aromatic heterocycles. The number of rotatable bonds is 3. The monoisotopic (exact) mass is 186 g/mol. The quantitative estimate of drug-likeness (QED) is 0.569. The lowest BCUT2D eigenvalue weighted by Gasteiger charge is -2.28. The van der Waals surface area contributed by atoms with Gasteiger partial charge in [0.05, 0.1) is 11.6 Å². The van der Waals surface area contributed by atoms with Gasteiger partial charge >= 0.3 is 0 Å². The number of nitrogens with one attached hydrogen (secondary N) is 1. The zero-order valence-electron chi connectivity index (χ0n) is 8.21. The Balaban J connectivity index is 2.52. The highest BCUT2D eigenvalue weighted by atomic mass is 16.3. The molecule has 1 aliphatic rings. The van der Waals surface area contributed by atoms with Crippen molar-refractivity contribution in [3.63, 3.8) is 0 Å². The first-order valence-electron chi connectivity index (χ1n) is 4.69. The Hall–Kier alpha value is -0.610. The van der Waals surface area contributed by atoms with Gasteiger partial charge in [-0.1, -0.05) is 0 Å². The third kappa shape index (κ3) is 2.42. The second kappa shape index (κ2) is 3.64. The maximum atomic E-state index is 11.0. The summed E-state index contributed by atoms with van der Waals surface area (Å²) in [6.07, 6.45) is 2.40. The summed E-state index contributed by atoms with van der Waals surface area (Å²) in [6.45, 7) is 3.47. The molecule has 0 unspecified atom stereocenters. The van der Waals surface area contributed by atoms with E-state index in [1.807, 2.05) is 0 Å². The predicted molar refractivity (Wildman–Crippen MR) is 50.1 cm³/mol. The summed E-state index contributed by atoms with van der Waals surface area (Å²) in [5.41, 5.74) is 4.48. The van der Waals surface area contributed by atoms with Gasteiger partial charge in [-0.05, 0) is 33.1 Å². The van der Waals surface area contributed by atoms with Gasteiger partial charge in [-0.15, -0.1) is 0 Å². The van der Waals surface area contributed by atoms with E-state index in [-0.39, 0.29) is 18.1 Å². The lowest BCUT2D eigenvalue weighted by Crippen LogP contribution is -2.56. The Morgan fingerprint density at radius 3 is 2.54 bits per heavy atom. The number of hydrogen-bond acceptors (Lipinski definition) is 3. The first-order valence-corrected chi connectivity index (χ1v) is 4.69. The fourth-order valence-corrected chi connectivity index (χ4v) is 1.64. The van der Waals surface area contributed by atoms with Crippen LogP contribution in [0, 0.1) is 0 Å². The molecule has 4 nitrogen and oxygen atoms in total. The molecule has 0 bridgehead atoms. The van der Waals surface area contributed by atoms with E-state index >= 15 is 0 Å². The zero-order valence-corrected chi connectivity index (χ0v) is 8.21. The molecule has 76 valence electrons. The second-order valence-corrected chi connectivity index (χ2v) is 4.24. The van der Waals surface area contributed by atoms with E-state index < -0.39 is 5.54 Å². The van der Waals surface area contributed by atoms with Gasteiger partial charge in [0.25, 0.3) is 0 Å². The van der Waals surface area contributed by atoms with Gasteiger partial charge in [0, 0.05) is 6.04 Å². The summed E-state index contributed by atoms with van der Waals surface area (Å²) in [6, 6.07) is 0.0162. The summed E-state index contributed by atoms with van der Waals surface area (Å²) in [5, 5.41) is 12.6. The summed E-state index contributed by atoms with van der Waals surface area (Å²) < 4.78 is 0. The first kappa shape index (κ1) is 10.5. The molecule has 4 N–H and O–H groups in total. The van der Waals surface area contributed by atoms with E-state index in [4.69, 9.17) is 5.73 Å². The number of carbonyl (C=O) groups is 1. The van der Waals surface area contributed by atoms with E-state index in [2.05, 4.69) is 5.32 Å². The van der Waals surface area contributed by atoms with Crippen LogP contribution < -0.4 is 11.1 Å². The number of primary amides is 1. The van der Waals surface area contributed by atoms with Crippen LogP contribution in [0.1, 0.15) is 33.1 Å². The van der Waals surface area contributed by atoms with Crippen molar-refractivity contribution < 1.29 is 9.90 Å². The maximum absolute atomic E-state index is 11.0. The van der Waals surface area contributed by atoms with E-state index in [0.29, 0.717) is 0 Å². The zero-order chi connectivity index (χ0) is 10.1. The number of aliphatic hydroxyl groups excluding tert-OH is 1. The van der Waals surface area contributed by atoms with Gasteiger partial charge in [0.1, 0.15) is 0 Å². The lowest BCUT2D eigenvalue weighted by atomic mass is 10.0. The molecule has 0 saturated heterocycles. The molecule has 1 aliphatic carbocycles. The molecule has 1 saturated carbocycles. The van der Waals surface area contributed by atoms with E-state index in [1.165, 1.54) is 0 Å². The summed E-state index contributed by atoms with van der Waals surface area (Å²) in [4.78, 5) is 11.0. The fourth-order valence-electron chi connectivity index (χ4n) is 1.64. The maximum Gasteiger partial charge on any atom is 0.237 e. The van der Waals surface area contributed by atoms with Crippen molar-refractivity contribution in [3.8, 4) is 0 Å². The van der Waals surface area contributed by atoms with Crippen LogP contribution in [0.25, 0.3) is 0 Å². The van der Waals surface area contributed by atoms with Gasteiger partial charge in [0.2, 0.25) is 5.91 Å². The van der Waals surface area contributed by atoms with Crippen LogP contribution in [-0.4, -0.2) is 28.7 Å². The minimum atomic E-state index is -0.726. The van der Waals surface area contributed by atoms with Crippen molar-refractivity contribution in [2.24, 2.45) is 5.73 Å². The lowest BCUT2D eigenvalue weighted by molar-refractivity contribution is -0.123. The van der Waals surface area contributed by atoms with Gasteiger partial charge in [0.15, 0.2) is 0 Å². The summed E-state index contributed by atoms with van der Waals surface area (Å²) in [7, 11) is 0. The topological polar surface area (TPSA) is 75.3 Å². The number of aliphatic hydroxyl groups is 1. The van der Waals surface area contributed by atoms with Gasteiger partial charge in [-0.25, -0.2) is 0 Å². The highest BCUT2D eigenvalue weighted by Crippen LogP contribution is 2.20. The third-order valence-electron chi connectivity index (χ3n) is 2.64. The molecule has 2 atom stereocenters. The second-order valence-electron chi connectivity index (χ2n) is 4.24. The number of hydrogen-bond donors (Lipinski definition) is 3. The molecule has 0 aliphatic heterocycles. The fraction of sp³-hybridized carbons (Fsp3) is 0.889. The molecule has 0 aromatic rings. The molecule has 0 spiro atoms. The number of amides is 1. The highest BCUT2D eigenvalue weighted by Gasteiger charge is 2.33. The third-order valence-corrected chi connectivity index (χ3v) is 2.64. The average Bonchev–Trinajstić information content (AvgIpc) is 2.35. The van der Waals surface area contributed by atoms with E-state index in [9.17, 15) is 9.90 Å². The Labute approximate surface area is 78.5 Å². The van der Waals surface area contributed by atoms with Crippen LogP contribution in [0.5, 0.6) is 0 Å². The van der Waals surface area contributed by atoms with Crippen LogP contribution in [-0.2, 0) is 4.79 Å². The van der Waals surface area contributed by atoms with Crippen LogP contribution in [0.15, 0.2) is 0 Å². The van der Waals surface area contributed by atoms with Gasteiger partial charge in [-0.2, -0.15) is 0 Å². The smallest absolute Gasteiger partial charge is 0.237 e. The largest absolute Gasteiger partial charge is 0.392 e. The molecule has 1 rings (SSSR count). The Morgan fingerprint density at radius 2 is 2.15 bits per heavy atom. The van der Waals surface area contributed by atoms with Crippen molar-refractivity contribution in [1.29, 1.82) is 0 Å². The highest BCUT2D eigenvalue weighted by molar-refractivity contribution is 5.83. The molecule has 0 radical (unpaired) electrons. The average molecular weight is 186 g/mol. The normalized spacial score (nSPS) is 29.2. The van der Waals surface area contributed by atoms with Crippen LogP contribution in [0.2, 0.25) is 0 Å². The summed E-state index contributed by atoms with van der Waals surface area (Å²) >= 11 is 0. The van der Waals surface area contributed by atoms with Gasteiger partial charge in [-0.3, -0.25) is 10.1 Å². The molecule has 1 fully saturated rings. The van der Waals surface area contributed by atoms with Crippen molar-refractivity contribution in [3.05, 3.63) is 0 Å². The van der Waals surface area contributed by atoms with E-state index in [0.717, 1.165) is 19.3 Å². The van der Waals surface area contributed by atoms with Crippen molar-refractivity contribution in [2.45, 2.75) is 50.8 Å². The molecule has 4 heteroatoms. The number of nitrogens with two attached hydrogens (primary N) is 1. The Morgan fingerprint density at radius 1 is 1.54 bits per heavy atom. The summed E-state index contributed by atoms with van der Waals surface area (Å²) in [5.74, 6) is -0.383. The number of carbonyl (C=O) groups excluding carboxylic acids is 1. The first-order chi connectivity index (χ1) is 5.93. The van der Waals surface area contributed by atoms with Crippen molar-refractivity contribution in [1.82, 2.24) is 5.32 Å². The molecular weight excluding hydrogens is 168 g/mol. The minimum absolute atomic E-state index is 0.0162. The van der Waals surface area contributed by atoms with E-state index in [1.54, 1.807) is 13.8 Å². The molecule has 13 heavy (non-hydrogen) atoms. The predicted octanol–water partition coefficient (Wildman–Crippen LogP) is -0.247. The minimum Gasteiger partial charge on any atom is -0.392 e. The van der Waals surface area contributed by atoms with Crippen LogP contribution in [0.3, 0.4) is 0 Å². The van der Waals surface area contributed by atoms with Crippen molar-refractivity contribution in [2.75, 3.05) is 0 Å². The SMILES string of the molecule is CC(C)(N[C@H]1CCC[C@@H]1O)C(N)=O. The molecule has 1 amide bonds. The van der Waals surface area contributed by atoms with Crippen molar-refractivity contribution >= 4 is 5.91 Å². The van der Waals surface area contributed by atoms with Gasteiger partial charge < -0.3 is 10.8 Å². The standard InChI is InChI=1S/C9H18N2O2/c1-9(2,8(10)13)11-6-4-3-5-7(6)12/h6-7,11-12H,3-5H2,1-2H3,(H2,10,13)/t6-,7-/m0/s1. The van der Waals surface area contributed by atoms with Crippen LogP contribution >= 0.6 is 0 Å². The molecule has 0 aromatic carbocycles. The Kier molecular flexibility index (Phi) is 2.93. The molecular formula is C9H18N2O2. The molecule has 0 heterocycles. The Bertz CT molecular complexity index is 204.